The highest BCUT2D eigenvalue weighted by atomic mass is 15.4. The van der Waals surface area contributed by atoms with Gasteiger partial charge < -0.3 is 10.2 Å². The van der Waals surface area contributed by atoms with Crippen LogP contribution in [0.1, 0.15) is 58.2 Å². The summed E-state index contributed by atoms with van der Waals surface area (Å²) in [6.45, 7) is 14.3. The number of rotatable bonds is 4. The van der Waals surface area contributed by atoms with Gasteiger partial charge in [0.15, 0.2) is 0 Å². The van der Waals surface area contributed by atoms with Crippen molar-refractivity contribution in [2.75, 3.05) is 18.0 Å². The first-order valence-electron chi connectivity index (χ1n) is 8.34. The van der Waals surface area contributed by atoms with Crippen molar-refractivity contribution >= 4 is 5.82 Å². The smallest absolute Gasteiger partial charge is 0.131 e. The van der Waals surface area contributed by atoms with E-state index in [-0.39, 0.29) is 5.54 Å². The highest BCUT2D eigenvalue weighted by molar-refractivity contribution is 5.50. The first kappa shape index (κ1) is 16.3. The van der Waals surface area contributed by atoms with Gasteiger partial charge in [-0.15, -0.1) is 0 Å². The van der Waals surface area contributed by atoms with E-state index >= 15 is 0 Å². The molecule has 1 aliphatic heterocycles. The van der Waals surface area contributed by atoms with Gasteiger partial charge in [0.25, 0.3) is 0 Å². The molecule has 0 radical (unpaired) electrons. The lowest BCUT2D eigenvalue weighted by molar-refractivity contribution is 0.389. The molecule has 1 aromatic rings. The molecule has 4 nitrogen and oxygen atoms in total. The molecule has 0 atom stereocenters. The number of piperidine rings is 1. The van der Waals surface area contributed by atoms with Crippen LogP contribution in [0, 0.1) is 12.8 Å². The first-order valence-corrected chi connectivity index (χ1v) is 8.34. The van der Waals surface area contributed by atoms with Crippen molar-refractivity contribution in [3.63, 3.8) is 0 Å². The Balaban J connectivity index is 2.15. The zero-order chi connectivity index (χ0) is 15.6. The third-order valence-electron chi connectivity index (χ3n) is 4.60. The van der Waals surface area contributed by atoms with E-state index in [4.69, 9.17) is 0 Å². The minimum atomic E-state index is 0.134. The van der Waals surface area contributed by atoms with Crippen LogP contribution in [0.5, 0.6) is 0 Å². The van der Waals surface area contributed by atoms with Crippen LogP contribution >= 0.6 is 0 Å². The number of aryl methyl sites for hydroxylation is 2. The van der Waals surface area contributed by atoms with Gasteiger partial charge in [0, 0.05) is 37.8 Å². The molecule has 1 saturated heterocycles. The van der Waals surface area contributed by atoms with E-state index in [0.717, 1.165) is 18.2 Å². The fraction of sp³-hybridized carbons (Fsp3) is 0.824. The zero-order valence-electron chi connectivity index (χ0n) is 14.7. The number of nitrogens with zero attached hydrogens (tertiary/aromatic N) is 3. The van der Waals surface area contributed by atoms with Crippen LogP contribution in [-0.2, 0) is 13.6 Å². The molecule has 4 heteroatoms. The van der Waals surface area contributed by atoms with Gasteiger partial charge in [-0.1, -0.05) is 13.3 Å². The summed E-state index contributed by atoms with van der Waals surface area (Å²) in [6, 6.07) is 0. The van der Waals surface area contributed by atoms with Gasteiger partial charge >= 0.3 is 0 Å². The lowest BCUT2D eigenvalue weighted by atomic mass is 9.94. The molecule has 0 unspecified atom stereocenters. The predicted molar refractivity (Wildman–Crippen MR) is 89.8 cm³/mol. The molecular weight excluding hydrogens is 260 g/mol. The predicted octanol–water partition coefficient (Wildman–Crippen LogP) is 3.24. The maximum absolute atomic E-state index is 4.66. The Labute approximate surface area is 129 Å². The van der Waals surface area contributed by atoms with E-state index in [1.807, 2.05) is 0 Å². The average Bonchev–Trinajstić information content (AvgIpc) is 2.70. The molecular formula is C17H32N4. The fourth-order valence-electron chi connectivity index (χ4n) is 3.20. The summed E-state index contributed by atoms with van der Waals surface area (Å²) in [5.41, 5.74) is 2.65. The van der Waals surface area contributed by atoms with Crippen molar-refractivity contribution in [3.8, 4) is 0 Å². The third kappa shape index (κ3) is 4.00. The van der Waals surface area contributed by atoms with E-state index in [1.54, 1.807) is 0 Å². The van der Waals surface area contributed by atoms with Gasteiger partial charge in [-0.3, -0.25) is 4.68 Å². The summed E-state index contributed by atoms with van der Waals surface area (Å²) in [5.74, 6) is 2.23. The second-order valence-corrected chi connectivity index (χ2v) is 7.45. The topological polar surface area (TPSA) is 33.1 Å². The van der Waals surface area contributed by atoms with Crippen molar-refractivity contribution in [3.05, 3.63) is 11.3 Å². The van der Waals surface area contributed by atoms with Crippen LogP contribution in [0.15, 0.2) is 0 Å². The fourth-order valence-corrected chi connectivity index (χ4v) is 3.20. The molecule has 2 rings (SSSR count). The molecule has 0 aromatic carbocycles. The van der Waals surface area contributed by atoms with E-state index in [2.05, 4.69) is 61.7 Å². The van der Waals surface area contributed by atoms with Crippen LogP contribution in [0.3, 0.4) is 0 Å². The molecule has 120 valence electrons. The largest absolute Gasteiger partial charge is 0.357 e. The highest BCUT2D eigenvalue weighted by Gasteiger charge is 2.24. The molecule has 1 N–H and O–H groups in total. The van der Waals surface area contributed by atoms with E-state index in [0.29, 0.717) is 0 Å². The molecule has 2 heterocycles. The number of hydrogen-bond acceptors (Lipinski definition) is 3. The lowest BCUT2D eigenvalue weighted by Gasteiger charge is -2.34. The number of nitrogens with one attached hydrogen (secondary N) is 1. The Morgan fingerprint density at radius 2 is 1.86 bits per heavy atom. The van der Waals surface area contributed by atoms with Crippen LogP contribution in [0.25, 0.3) is 0 Å². The second kappa shape index (κ2) is 6.39. The van der Waals surface area contributed by atoms with Gasteiger partial charge in [0.05, 0.1) is 5.69 Å². The summed E-state index contributed by atoms with van der Waals surface area (Å²) in [6.07, 6.45) is 3.94. The number of hydrogen-bond donors (Lipinski definition) is 1. The molecule has 0 bridgehead atoms. The van der Waals surface area contributed by atoms with Crippen LogP contribution in [0.2, 0.25) is 0 Å². The third-order valence-corrected chi connectivity index (χ3v) is 4.60. The standard InChI is InChI=1S/C17H32N4/c1-7-14-8-10-21(11-9-14)16-15(12-18-17(3,4)5)13(2)19-20(16)6/h14,18H,7-12H2,1-6H3. The van der Waals surface area contributed by atoms with Crippen LogP contribution in [0.4, 0.5) is 5.82 Å². The molecule has 0 amide bonds. The van der Waals surface area contributed by atoms with Crippen LogP contribution in [-0.4, -0.2) is 28.4 Å². The highest BCUT2D eigenvalue weighted by Crippen LogP contribution is 2.29. The first-order chi connectivity index (χ1) is 9.81. The summed E-state index contributed by atoms with van der Waals surface area (Å²) in [7, 11) is 2.08. The van der Waals surface area contributed by atoms with Crippen molar-refractivity contribution < 1.29 is 0 Å². The monoisotopic (exact) mass is 292 g/mol. The maximum atomic E-state index is 4.66. The van der Waals surface area contributed by atoms with Gasteiger partial charge in [0.2, 0.25) is 0 Å². The zero-order valence-corrected chi connectivity index (χ0v) is 14.7. The minimum absolute atomic E-state index is 0.134. The molecule has 0 saturated carbocycles. The SMILES string of the molecule is CCC1CCN(c2c(CNC(C)(C)C)c(C)nn2C)CC1. The Hall–Kier alpha value is -1.03. The molecule has 21 heavy (non-hydrogen) atoms. The summed E-state index contributed by atoms with van der Waals surface area (Å²) < 4.78 is 2.07. The molecule has 1 aromatic heterocycles. The summed E-state index contributed by atoms with van der Waals surface area (Å²) >= 11 is 0. The molecule has 1 aliphatic rings. The lowest BCUT2D eigenvalue weighted by Crippen LogP contribution is -2.38. The Kier molecular flexibility index (Phi) is 4.97. The van der Waals surface area contributed by atoms with Gasteiger partial charge in [-0.05, 0) is 46.5 Å². The van der Waals surface area contributed by atoms with Crippen molar-refractivity contribution in [2.24, 2.45) is 13.0 Å². The van der Waals surface area contributed by atoms with Gasteiger partial charge in [-0.25, -0.2) is 0 Å². The number of anilines is 1. The Bertz CT molecular complexity index is 462. The van der Waals surface area contributed by atoms with E-state index in [9.17, 15) is 0 Å². The number of aromatic nitrogens is 2. The quantitative estimate of drug-likeness (QED) is 0.925. The second-order valence-electron chi connectivity index (χ2n) is 7.45. The van der Waals surface area contributed by atoms with Crippen molar-refractivity contribution in [1.29, 1.82) is 0 Å². The van der Waals surface area contributed by atoms with E-state index < -0.39 is 0 Å². The minimum Gasteiger partial charge on any atom is -0.357 e. The van der Waals surface area contributed by atoms with Gasteiger partial charge in [-0.2, -0.15) is 5.10 Å². The maximum Gasteiger partial charge on any atom is 0.131 e. The summed E-state index contributed by atoms with van der Waals surface area (Å²) in [5, 5.41) is 8.27. The average molecular weight is 292 g/mol. The summed E-state index contributed by atoms with van der Waals surface area (Å²) in [4.78, 5) is 2.53. The Morgan fingerprint density at radius 1 is 1.24 bits per heavy atom. The van der Waals surface area contributed by atoms with Crippen molar-refractivity contribution in [2.45, 2.75) is 66.0 Å². The van der Waals surface area contributed by atoms with Crippen molar-refractivity contribution in [1.82, 2.24) is 15.1 Å². The molecule has 1 fully saturated rings. The normalized spacial score (nSPS) is 17.5. The van der Waals surface area contributed by atoms with E-state index in [1.165, 1.54) is 43.7 Å². The van der Waals surface area contributed by atoms with Crippen LogP contribution < -0.4 is 10.2 Å². The molecule has 0 spiro atoms. The van der Waals surface area contributed by atoms with Gasteiger partial charge in [0.1, 0.15) is 5.82 Å². The molecule has 0 aliphatic carbocycles. The Morgan fingerprint density at radius 3 is 2.38 bits per heavy atom.